The Morgan fingerprint density at radius 2 is 2.14 bits per heavy atom. The van der Waals surface area contributed by atoms with Crippen LogP contribution in [0.15, 0.2) is 30.5 Å². The van der Waals surface area contributed by atoms with Crippen molar-refractivity contribution in [1.82, 2.24) is 9.78 Å². The second-order valence-electron chi connectivity index (χ2n) is 5.01. The molecule has 1 aliphatic carbocycles. The highest BCUT2D eigenvalue weighted by Crippen LogP contribution is 2.42. The summed E-state index contributed by atoms with van der Waals surface area (Å²) < 4.78 is 6.88. The van der Waals surface area contributed by atoms with E-state index in [1.54, 1.807) is 29.9 Å². The SMILES string of the molecule is CCOC(=O)c1cnn(-c2ccc(C#N)cc2)c1C1CC1. The molecule has 0 aliphatic heterocycles. The molecule has 1 aromatic heterocycles. The van der Waals surface area contributed by atoms with E-state index in [0.717, 1.165) is 24.2 Å². The Morgan fingerprint density at radius 3 is 2.71 bits per heavy atom. The van der Waals surface area contributed by atoms with E-state index < -0.39 is 0 Å². The van der Waals surface area contributed by atoms with E-state index in [0.29, 0.717) is 23.7 Å². The Labute approximate surface area is 122 Å². The van der Waals surface area contributed by atoms with Crippen LogP contribution in [0, 0.1) is 11.3 Å². The lowest BCUT2D eigenvalue weighted by molar-refractivity contribution is 0.0525. The van der Waals surface area contributed by atoms with Gasteiger partial charge in [0.05, 0.1) is 35.8 Å². The van der Waals surface area contributed by atoms with Gasteiger partial charge in [0.15, 0.2) is 0 Å². The Morgan fingerprint density at radius 1 is 1.43 bits per heavy atom. The van der Waals surface area contributed by atoms with Crippen molar-refractivity contribution in [2.75, 3.05) is 6.61 Å². The Hall–Kier alpha value is -2.61. The van der Waals surface area contributed by atoms with Crippen molar-refractivity contribution in [3.8, 4) is 11.8 Å². The van der Waals surface area contributed by atoms with E-state index in [1.807, 2.05) is 12.1 Å². The minimum Gasteiger partial charge on any atom is -0.462 e. The number of carbonyl (C=O) groups is 1. The van der Waals surface area contributed by atoms with Crippen molar-refractivity contribution in [3.05, 3.63) is 47.3 Å². The normalized spacial score (nSPS) is 13.7. The number of esters is 1. The molecule has 5 nitrogen and oxygen atoms in total. The van der Waals surface area contributed by atoms with Gasteiger partial charge < -0.3 is 4.74 Å². The average Bonchev–Trinajstić information content (AvgIpc) is 3.26. The number of rotatable bonds is 4. The zero-order chi connectivity index (χ0) is 14.8. The van der Waals surface area contributed by atoms with Crippen molar-refractivity contribution in [1.29, 1.82) is 5.26 Å². The smallest absolute Gasteiger partial charge is 0.341 e. The number of nitrogens with zero attached hydrogens (tertiary/aromatic N) is 3. The average molecular weight is 281 g/mol. The van der Waals surface area contributed by atoms with Crippen LogP contribution in [0.5, 0.6) is 0 Å². The van der Waals surface area contributed by atoms with Gasteiger partial charge in [-0.05, 0) is 44.0 Å². The Balaban J connectivity index is 2.02. The van der Waals surface area contributed by atoms with Crippen LogP contribution in [0.1, 0.15) is 47.3 Å². The molecule has 0 atom stereocenters. The van der Waals surface area contributed by atoms with Crippen LogP contribution < -0.4 is 0 Å². The van der Waals surface area contributed by atoms with E-state index in [2.05, 4.69) is 11.2 Å². The maximum absolute atomic E-state index is 12.0. The summed E-state index contributed by atoms with van der Waals surface area (Å²) in [7, 11) is 0. The third kappa shape index (κ3) is 2.52. The molecule has 1 saturated carbocycles. The van der Waals surface area contributed by atoms with Crippen LogP contribution in [0.25, 0.3) is 5.69 Å². The molecule has 2 aromatic rings. The number of aromatic nitrogens is 2. The summed E-state index contributed by atoms with van der Waals surface area (Å²) in [4.78, 5) is 12.0. The lowest BCUT2D eigenvalue weighted by Gasteiger charge is -2.08. The van der Waals surface area contributed by atoms with Crippen LogP contribution in [-0.2, 0) is 4.74 Å². The first kappa shape index (κ1) is 13.4. The molecule has 0 spiro atoms. The summed E-state index contributed by atoms with van der Waals surface area (Å²) in [5, 5.41) is 13.2. The molecule has 1 heterocycles. The third-order valence-electron chi connectivity index (χ3n) is 3.51. The lowest BCUT2D eigenvalue weighted by atomic mass is 10.1. The summed E-state index contributed by atoms with van der Waals surface area (Å²) >= 11 is 0. The van der Waals surface area contributed by atoms with Gasteiger partial charge in [-0.15, -0.1) is 0 Å². The maximum Gasteiger partial charge on any atom is 0.341 e. The van der Waals surface area contributed by atoms with E-state index in [1.165, 1.54) is 0 Å². The Kier molecular flexibility index (Phi) is 3.44. The molecule has 1 aliphatic rings. The molecule has 0 radical (unpaired) electrons. The van der Waals surface area contributed by atoms with Gasteiger partial charge in [-0.25, -0.2) is 9.48 Å². The van der Waals surface area contributed by atoms with E-state index >= 15 is 0 Å². The summed E-state index contributed by atoms with van der Waals surface area (Å²) in [6, 6.07) is 9.27. The van der Waals surface area contributed by atoms with Crippen LogP contribution in [0.4, 0.5) is 0 Å². The van der Waals surface area contributed by atoms with Gasteiger partial charge >= 0.3 is 5.97 Å². The minimum atomic E-state index is -0.320. The molecular weight excluding hydrogens is 266 g/mol. The maximum atomic E-state index is 12.0. The lowest BCUT2D eigenvalue weighted by Crippen LogP contribution is -2.09. The van der Waals surface area contributed by atoms with Crippen LogP contribution in [-0.4, -0.2) is 22.4 Å². The number of benzene rings is 1. The standard InChI is InChI=1S/C16H15N3O2/c1-2-21-16(20)14-10-18-19(15(14)12-5-6-12)13-7-3-11(9-17)4-8-13/h3-4,7-8,10,12H,2,5-6H2,1H3. The molecule has 3 rings (SSSR count). The second-order valence-corrected chi connectivity index (χ2v) is 5.01. The van der Waals surface area contributed by atoms with Gasteiger partial charge in [-0.2, -0.15) is 10.4 Å². The molecule has 1 aromatic carbocycles. The number of carbonyl (C=O) groups excluding carboxylic acids is 1. The fourth-order valence-electron chi connectivity index (χ4n) is 2.36. The van der Waals surface area contributed by atoms with Gasteiger partial charge in [-0.3, -0.25) is 0 Å². The van der Waals surface area contributed by atoms with E-state index in [4.69, 9.17) is 10.00 Å². The van der Waals surface area contributed by atoms with Crippen molar-refractivity contribution in [2.45, 2.75) is 25.7 Å². The summed E-state index contributed by atoms with van der Waals surface area (Å²) in [6.45, 7) is 2.14. The number of nitriles is 1. The molecular formula is C16H15N3O2. The molecule has 1 fully saturated rings. The second kappa shape index (κ2) is 5.41. The quantitative estimate of drug-likeness (QED) is 0.808. The number of hydrogen-bond donors (Lipinski definition) is 0. The predicted octanol–water partition coefficient (Wildman–Crippen LogP) is 2.80. The van der Waals surface area contributed by atoms with Crippen LogP contribution >= 0.6 is 0 Å². The summed E-state index contributed by atoms with van der Waals surface area (Å²) in [5.74, 6) is 0.0434. The predicted molar refractivity (Wildman–Crippen MR) is 76.2 cm³/mol. The highest BCUT2D eigenvalue weighted by molar-refractivity contribution is 5.91. The van der Waals surface area contributed by atoms with Crippen molar-refractivity contribution < 1.29 is 9.53 Å². The Bertz CT molecular complexity index is 706. The molecule has 0 saturated heterocycles. The first-order chi connectivity index (χ1) is 10.2. The molecule has 5 heteroatoms. The molecule has 0 bridgehead atoms. The fraction of sp³-hybridized carbons (Fsp3) is 0.312. The minimum absolute atomic E-state index is 0.320. The molecule has 0 N–H and O–H groups in total. The zero-order valence-corrected chi connectivity index (χ0v) is 11.7. The van der Waals surface area contributed by atoms with Crippen LogP contribution in [0.3, 0.4) is 0 Å². The van der Waals surface area contributed by atoms with Gasteiger partial charge in [0.2, 0.25) is 0 Å². The largest absolute Gasteiger partial charge is 0.462 e. The van der Waals surface area contributed by atoms with Gasteiger partial charge in [0.1, 0.15) is 5.56 Å². The van der Waals surface area contributed by atoms with Crippen molar-refractivity contribution in [3.63, 3.8) is 0 Å². The summed E-state index contributed by atoms with van der Waals surface area (Å²) in [5.41, 5.74) is 2.91. The summed E-state index contributed by atoms with van der Waals surface area (Å²) in [6.07, 6.45) is 3.70. The third-order valence-corrected chi connectivity index (χ3v) is 3.51. The van der Waals surface area contributed by atoms with E-state index in [9.17, 15) is 4.79 Å². The number of hydrogen-bond acceptors (Lipinski definition) is 4. The van der Waals surface area contributed by atoms with E-state index in [-0.39, 0.29) is 5.97 Å². The molecule has 0 unspecified atom stereocenters. The topological polar surface area (TPSA) is 67.9 Å². The molecule has 0 amide bonds. The fourth-order valence-corrected chi connectivity index (χ4v) is 2.36. The van der Waals surface area contributed by atoms with Crippen molar-refractivity contribution in [2.24, 2.45) is 0 Å². The van der Waals surface area contributed by atoms with Crippen LogP contribution in [0.2, 0.25) is 0 Å². The first-order valence-corrected chi connectivity index (χ1v) is 7.00. The number of ether oxygens (including phenoxy) is 1. The highest BCUT2D eigenvalue weighted by atomic mass is 16.5. The van der Waals surface area contributed by atoms with Gasteiger partial charge in [-0.1, -0.05) is 0 Å². The first-order valence-electron chi connectivity index (χ1n) is 7.00. The van der Waals surface area contributed by atoms with Crippen molar-refractivity contribution >= 4 is 5.97 Å². The highest BCUT2D eigenvalue weighted by Gasteiger charge is 2.33. The molecule has 21 heavy (non-hydrogen) atoms. The monoisotopic (exact) mass is 281 g/mol. The zero-order valence-electron chi connectivity index (χ0n) is 11.7. The van der Waals surface area contributed by atoms with Gasteiger partial charge in [0, 0.05) is 5.92 Å². The van der Waals surface area contributed by atoms with Gasteiger partial charge in [0.25, 0.3) is 0 Å². The molecule has 106 valence electrons.